The molecule has 1 amide bonds. The van der Waals surface area contributed by atoms with E-state index in [0.29, 0.717) is 17.3 Å². The van der Waals surface area contributed by atoms with E-state index in [4.69, 9.17) is 9.47 Å². The Hall–Kier alpha value is -2.09. The molecule has 2 heterocycles. The summed E-state index contributed by atoms with van der Waals surface area (Å²) in [6.45, 7) is 3.42. The summed E-state index contributed by atoms with van der Waals surface area (Å²) in [5.74, 6) is 1.54. The molecule has 0 aliphatic carbocycles. The maximum absolute atomic E-state index is 12.9. The van der Waals surface area contributed by atoms with E-state index in [9.17, 15) is 4.79 Å². The van der Waals surface area contributed by atoms with Crippen LogP contribution in [0.5, 0.6) is 5.75 Å². The molecule has 3 aromatic rings. The lowest BCUT2D eigenvalue weighted by Gasteiger charge is -2.11. The summed E-state index contributed by atoms with van der Waals surface area (Å²) in [5, 5.41) is 3.54. The van der Waals surface area contributed by atoms with Crippen LogP contribution in [0.25, 0.3) is 10.2 Å². The Morgan fingerprint density at radius 1 is 1.36 bits per heavy atom. The zero-order chi connectivity index (χ0) is 19.3. The summed E-state index contributed by atoms with van der Waals surface area (Å²) < 4.78 is 12.2. The van der Waals surface area contributed by atoms with E-state index in [0.717, 1.165) is 46.1 Å². The van der Waals surface area contributed by atoms with Crippen LogP contribution in [0, 0.1) is 0 Å². The quantitative estimate of drug-likeness (QED) is 0.537. The van der Waals surface area contributed by atoms with Crippen LogP contribution in [-0.4, -0.2) is 36.0 Å². The monoisotopic (exact) mass is 414 g/mol. The van der Waals surface area contributed by atoms with Gasteiger partial charge in [-0.25, -0.2) is 4.98 Å². The molecule has 1 aromatic heterocycles. The molecule has 1 aliphatic rings. The Kier molecular flexibility index (Phi) is 6.14. The van der Waals surface area contributed by atoms with Crippen LogP contribution in [0.2, 0.25) is 0 Å². The Morgan fingerprint density at radius 3 is 3.07 bits per heavy atom. The molecule has 1 aliphatic heterocycles. The number of carbonyl (C=O) groups is 1. The molecule has 1 atom stereocenters. The Labute approximate surface area is 172 Å². The summed E-state index contributed by atoms with van der Waals surface area (Å²) in [7, 11) is 0. The first-order valence-electron chi connectivity index (χ1n) is 9.41. The molecule has 1 N–H and O–H groups in total. The molecule has 28 heavy (non-hydrogen) atoms. The van der Waals surface area contributed by atoms with Crippen LogP contribution >= 0.6 is 23.1 Å². The van der Waals surface area contributed by atoms with Crippen molar-refractivity contribution in [2.45, 2.75) is 30.8 Å². The van der Waals surface area contributed by atoms with Crippen molar-refractivity contribution in [3.63, 3.8) is 0 Å². The minimum Gasteiger partial charge on any atom is -0.494 e. The van der Waals surface area contributed by atoms with Crippen LogP contribution in [0.1, 0.15) is 30.1 Å². The molecule has 1 fully saturated rings. The summed E-state index contributed by atoms with van der Waals surface area (Å²) >= 11 is 3.13. The van der Waals surface area contributed by atoms with Crippen LogP contribution in [0.4, 0.5) is 5.13 Å². The standard InChI is InChI=1S/C21H22N2O3S2/c1-2-25-14-9-10-17-19(12-14)28-21(22-17)23-20(24)16-7-3-4-8-18(16)27-13-15-6-5-11-26-15/h3-4,7-10,12,15H,2,5-6,11,13H2,1H3,(H,22,23,24). The normalized spacial score (nSPS) is 16.4. The predicted molar refractivity (Wildman–Crippen MR) is 115 cm³/mol. The second-order valence-electron chi connectivity index (χ2n) is 6.48. The van der Waals surface area contributed by atoms with Gasteiger partial charge in [0, 0.05) is 17.3 Å². The summed E-state index contributed by atoms with van der Waals surface area (Å²) in [6.07, 6.45) is 2.50. The third kappa shape index (κ3) is 4.48. The number of nitrogens with one attached hydrogen (secondary N) is 1. The maximum atomic E-state index is 12.9. The van der Waals surface area contributed by atoms with Gasteiger partial charge in [0.1, 0.15) is 5.75 Å². The average Bonchev–Trinajstić information content (AvgIpc) is 3.35. The van der Waals surface area contributed by atoms with Gasteiger partial charge in [0.15, 0.2) is 5.13 Å². The lowest BCUT2D eigenvalue weighted by Crippen LogP contribution is -2.14. The fourth-order valence-corrected chi connectivity index (χ4v) is 5.13. The number of nitrogens with zero attached hydrogens (tertiary/aromatic N) is 1. The third-order valence-electron chi connectivity index (χ3n) is 4.47. The predicted octanol–water partition coefficient (Wildman–Crippen LogP) is 5.22. The SMILES string of the molecule is CCOc1ccc2nc(NC(=O)c3ccccc3SCC3CCCO3)sc2c1. The van der Waals surface area contributed by atoms with Crippen LogP contribution in [0.15, 0.2) is 47.4 Å². The minimum absolute atomic E-state index is 0.139. The lowest BCUT2D eigenvalue weighted by atomic mass is 10.2. The van der Waals surface area contributed by atoms with Crippen LogP contribution in [-0.2, 0) is 4.74 Å². The summed E-state index contributed by atoms with van der Waals surface area (Å²) in [5.41, 5.74) is 1.52. The molecule has 146 valence electrons. The number of thiazole rings is 1. The molecular weight excluding hydrogens is 392 g/mol. The van der Waals surface area contributed by atoms with E-state index < -0.39 is 0 Å². The van der Waals surface area contributed by atoms with Gasteiger partial charge >= 0.3 is 0 Å². The highest BCUT2D eigenvalue weighted by Crippen LogP contribution is 2.31. The molecule has 0 saturated carbocycles. The fraction of sp³-hybridized carbons (Fsp3) is 0.333. The molecule has 7 heteroatoms. The first-order chi connectivity index (χ1) is 13.7. The van der Waals surface area contributed by atoms with Gasteiger partial charge in [-0.2, -0.15) is 0 Å². The zero-order valence-corrected chi connectivity index (χ0v) is 17.3. The first-order valence-corrected chi connectivity index (χ1v) is 11.2. The number of amides is 1. The van der Waals surface area contributed by atoms with Gasteiger partial charge in [-0.15, -0.1) is 11.8 Å². The Morgan fingerprint density at radius 2 is 2.25 bits per heavy atom. The molecule has 0 bridgehead atoms. The van der Waals surface area contributed by atoms with Gasteiger partial charge in [-0.05, 0) is 50.1 Å². The highest BCUT2D eigenvalue weighted by Gasteiger charge is 2.18. The number of anilines is 1. The topological polar surface area (TPSA) is 60.5 Å². The Balaban J connectivity index is 1.48. The number of fused-ring (bicyclic) bond motifs is 1. The third-order valence-corrected chi connectivity index (χ3v) is 6.61. The minimum atomic E-state index is -0.139. The van der Waals surface area contributed by atoms with Gasteiger partial charge in [0.05, 0.1) is 28.5 Å². The van der Waals surface area contributed by atoms with Crippen LogP contribution < -0.4 is 10.1 Å². The van der Waals surface area contributed by atoms with Gasteiger partial charge in [0.2, 0.25) is 0 Å². The van der Waals surface area contributed by atoms with E-state index in [-0.39, 0.29) is 12.0 Å². The number of hydrogen-bond donors (Lipinski definition) is 1. The van der Waals surface area contributed by atoms with Gasteiger partial charge in [0.25, 0.3) is 5.91 Å². The van der Waals surface area contributed by atoms with Crippen molar-refractivity contribution in [2.24, 2.45) is 0 Å². The maximum Gasteiger partial charge on any atom is 0.258 e. The summed E-state index contributed by atoms with van der Waals surface area (Å²) in [6, 6.07) is 13.5. The van der Waals surface area contributed by atoms with Crippen molar-refractivity contribution in [1.29, 1.82) is 0 Å². The highest BCUT2D eigenvalue weighted by atomic mass is 32.2. The first kappa shape index (κ1) is 19.2. The van der Waals surface area contributed by atoms with E-state index in [2.05, 4.69) is 10.3 Å². The molecule has 1 saturated heterocycles. The van der Waals surface area contributed by atoms with Crippen molar-refractivity contribution in [1.82, 2.24) is 4.98 Å². The van der Waals surface area contributed by atoms with Gasteiger partial charge < -0.3 is 9.47 Å². The van der Waals surface area contributed by atoms with E-state index in [1.165, 1.54) is 11.3 Å². The molecule has 5 nitrogen and oxygen atoms in total. The van der Waals surface area contributed by atoms with Crippen LogP contribution in [0.3, 0.4) is 0 Å². The molecule has 0 radical (unpaired) electrons. The van der Waals surface area contributed by atoms with Crippen molar-refractivity contribution in [2.75, 3.05) is 24.3 Å². The number of aromatic nitrogens is 1. The molecular formula is C21H22N2O3S2. The smallest absolute Gasteiger partial charge is 0.258 e. The zero-order valence-electron chi connectivity index (χ0n) is 15.6. The second-order valence-corrected chi connectivity index (χ2v) is 8.57. The average molecular weight is 415 g/mol. The number of carbonyl (C=O) groups excluding carboxylic acids is 1. The molecule has 2 aromatic carbocycles. The lowest BCUT2D eigenvalue weighted by molar-refractivity contribution is 0.102. The number of ether oxygens (including phenoxy) is 2. The van der Waals surface area contributed by atoms with E-state index in [1.807, 2.05) is 49.4 Å². The van der Waals surface area contributed by atoms with Crippen molar-refractivity contribution >= 4 is 44.4 Å². The fourth-order valence-electron chi connectivity index (χ4n) is 3.12. The molecule has 4 rings (SSSR count). The number of benzene rings is 2. The number of thioether (sulfide) groups is 1. The Bertz CT molecular complexity index is 967. The van der Waals surface area contributed by atoms with Crippen molar-refractivity contribution in [3.8, 4) is 5.75 Å². The van der Waals surface area contributed by atoms with Gasteiger partial charge in [-0.1, -0.05) is 23.5 Å². The summed E-state index contributed by atoms with van der Waals surface area (Å²) in [4.78, 5) is 18.4. The second kappa shape index (κ2) is 8.94. The molecule has 1 unspecified atom stereocenters. The number of rotatable bonds is 7. The highest BCUT2D eigenvalue weighted by molar-refractivity contribution is 7.99. The van der Waals surface area contributed by atoms with Crippen molar-refractivity contribution in [3.05, 3.63) is 48.0 Å². The van der Waals surface area contributed by atoms with E-state index in [1.54, 1.807) is 11.8 Å². The van der Waals surface area contributed by atoms with Crippen molar-refractivity contribution < 1.29 is 14.3 Å². The molecule has 0 spiro atoms. The number of hydrogen-bond acceptors (Lipinski definition) is 6. The largest absolute Gasteiger partial charge is 0.494 e. The van der Waals surface area contributed by atoms with Gasteiger partial charge in [-0.3, -0.25) is 10.1 Å². The van der Waals surface area contributed by atoms with E-state index >= 15 is 0 Å².